The number of rotatable bonds is 5. The molecule has 4 aliphatic carbocycles. The van der Waals surface area contributed by atoms with Gasteiger partial charge in [0, 0.05) is 5.41 Å². The Kier molecular flexibility index (Phi) is 6.47. The van der Waals surface area contributed by atoms with Crippen molar-refractivity contribution in [1.82, 2.24) is 0 Å². The van der Waals surface area contributed by atoms with Crippen LogP contribution in [0.15, 0.2) is 28.0 Å². The second-order valence-corrected chi connectivity index (χ2v) is 13.3. The van der Waals surface area contributed by atoms with Gasteiger partial charge >= 0.3 is 0 Å². The van der Waals surface area contributed by atoms with Crippen LogP contribution < -0.4 is 0 Å². The van der Waals surface area contributed by atoms with Gasteiger partial charge in [-0.2, -0.15) is 0 Å². The summed E-state index contributed by atoms with van der Waals surface area (Å²) in [7, 11) is 0. The zero-order valence-corrected chi connectivity index (χ0v) is 22.4. The predicted octanol–water partition coefficient (Wildman–Crippen LogP) is 7.92. The lowest BCUT2D eigenvalue weighted by Gasteiger charge is -2.61. The third-order valence-corrected chi connectivity index (χ3v) is 11.7. The Morgan fingerprint density at radius 1 is 1.03 bits per heavy atom. The van der Waals surface area contributed by atoms with E-state index in [2.05, 4.69) is 59.7 Å². The summed E-state index contributed by atoms with van der Waals surface area (Å²) in [5.41, 5.74) is 6.20. The molecule has 0 bridgehead atoms. The van der Waals surface area contributed by atoms with Gasteiger partial charge in [0.15, 0.2) is 0 Å². The topological polar surface area (TPSA) is 52.8 Å². The third kappa shape index (κ3) is 3.50. The maximum absolute atomic E-state index is 10.4. The van der Waals surface area contributed by atoms with Crippen molar-refractivity contribution in [3.05, 3.63) is 22.8 Å². The Bertz CT molecular complexity index is 867. The SMILES string of the molecule is CC(C)=CCC[C@@H](C)[C@H]1CC[C@@]2(C)C3=C(CC[C@]12C)[C@@]1(C)CC/C(=N\O)[C@@](C)(CO)[C@@H]1CC3. The lowest BCUT2D eigenvalue weighted by Crippen LogP contribution is -2.56. The van der Waals surface area contributed by atoms with Gasteiger partial charge in [0.2, 0.25) is 0 Å². The molecule has 3 nitrogen and oxygen atoms in total. The molecule has 0 aromatic heterocycles. The van der Waals surface area contributed by atoms with Gasteiger partial charge in [-0.3, -0.25) is 0 Å². The van der Waals surface area contributed by atoms with Crippen LogP contribution in [0, 0.1) is 39.4 Å². The van der Waals surface area contributed by atoms with Gasteiger partial charge in [-0.1, -0.05) is 62.6 Å². The van der Waals surface area contributed by atoms with E-state index >= 15 is 0 Å². The highest BCUT2D eigenvalue weighted by molar-refractivity contribution is 5.91. The second-order valence-electron chi connectivity index (χ2n) is 13.3. The van der Waals surface area contributed by atoms with Gasteiger partial charge in [-0.05, 0) is 112 Å². The first-order valence-electron chi connectivity index (χ1n) is 13.7. The van der Waals surface area contributed by atoms with Crippen LogP contribution in [0.1, 0.15) is 113 Å². The number of aliphatic hydroxyl groups is 1. The van der Waals surface area contributed by atoms with Gasteiger partial charge in [0.25, 0.3) is 0 Å². The van der Waals surface area contributed by atoms with Crippen molar-refractivity contribution in [3.63, 3.8) is 0 Å². The maximum Gasteiger partial charge on any atom is 0.0655 e. The van der Waals surface area contributed by atoms with Crippen molar-refractivity contribution in [2.24, 2.45) is 44.6 Å². The smallest absolute Gasteiger partial charge is 0.0655 e. The van der Waals surface area contributed by atoms with Gasteiger partial charge in [-0.25, -0.2) is 0 Å². The highest BCUT2D eigenvalue weighted by Crippen LogP contribution is 2.72. The molecule has 0 aromatic rings. The summed E-state index contributed by atoms with van der Waals surface area (Å²) >= 11 is 0. The van der Waals surface area contributed by atoms with E-state index in [0.29, 0.717) is 16.7 Å². The van der Waals surface area contributed by atoms with E-state index in [-0.39, 0.29) is 12.0 Å². The molecule has 0 unspecified atom stereocenters. The fraction of sp³-hybridized carbons (Fsp3) is 0.833. The van der Waals surface area contributed by atoms with Gasteiger partial charge < -0.3 is 10.3 Å². The van der Waals surface area contributed by atoms with Crippen LogP contribution in [0.25, 0.3) is 0 Å². The maximum atomic E-state index is 10.4. The molecule has 0 aliphatic heterocycles. The number of hydrogen-bond acceptors (Lipinski definition) is 3. The van der Waals surface area contributed by atoms with Crippen molar-refractivity contribution < 1.29 is 10.3 Å². The largest absolute Gasteiger partial charge is 0.411 e. The third-order valence-electron chi connectivity index (χ3n) is 11.7. The van der Waals surface area contributed by atoms with E-state index in [4.69, 9.17) is 0 Å². The molecule has 0 saturated heterocycles. The number of nitrogens with zero attached hydrogens (tertiary/aromatic N) is 1. The van der Waals surface area contributed by atoms with Crippen LogP contribution in [-0.2, 0) is 0 Å². The zero-order valence-electron chi connectivity index (χ0n) is 22.4. The van der Waals surface area contributed by atoms with Gasteiger partial charge in [0.05, 0.1) is 12.3 Å². The Labute approximate surface area is 202 Å². The van der Waals surface area contributed by atoms with Crippen LogP contribution in [0.5, 0.6) is 0 Å². The molecule has 3 heteroatoms. The molecule has 4 aliphatic rings. The molecule has 0 spiro atoms. The van der Waals surface area contributed by atoms with Crippen LogP contribution >= 0.6 is 0 Å². The summed E-state index contributed by atoms with van der Waals surface area (Å²) in [6.07, 6.45) is 14.3. The first kappa shape index (κ1) is 25.0. The van der Waals surface area contributed by atoms with Crippen molar-refractivity contribution in [2.75, 3.05) is 6.61 Å². The number of fused-ring (bicyclic) bond motifs is 4. The second kappa shape index (κ2) is 8.54. The molecule has 0 heterocycles. The molecule has 0 aromatic carbocycles. The molecule has 2 N–H and O–H groups in total. The molecule has 7 atom stereocenters. The zero-order chi connectivity index (χ0) is 24.2. The lowest BCUT2D eigenvalue weighted by molar-refractivity contribution is -0.00724. The van der Waals surface area contributed by atoms with E-state index in [1.54, 1.807) is 11.1 Å². The molecular weight excluding hydrogens is 406 g/mol. The number of oxime groups is 1. The summed E-state index contributed by atoms with van der Waals surface area (Å²) in [5, 5.41) is 23.8. The van der Waals surface area contributed by atoms with Crippen molar-refractivity contribution >= 4 is 5.71 Å². The quantitative estimate of drug-likeness (QED) is 0.251. The Balaban J connectivity index is 1.67. The van der Waals surface area contributed by atoms with Crippen LogP contribution in [0.2, 0.25) is 0 Å². The van der Waals surface area contributed by atoms with Crippen molar-refractivity contribution in [2.45, 2.75) is 113 Å². The van der Waals surface area contributed by atoms with Crippen LogP contribution in [0.4, 0.5) is 0 Å². The molecular formula is C30H49NO2. The molecule has 2 saturated carbocycles. The molecule has 33 heavy (non-hydrogen) atoms. The van der Waals surface area contributed by atoms with E-state index in [0.717, 1.165) is 43.2 Å². The highest BCUT2D eigenvalue weighted by Gasteiger charge is 2.63. The molecule has 186 valence electrons. The summed E-state index contributed by atoms with van der Waals surface area (Å²) < 4.78 is 0. The molecule has 4 rings (SSSR count). The average molecular weight is 456 g/mol. The summed E-state index contributed by atoms with van der Waals surface area (Å²) in [6, 6.07) is 0. The van der Waals surface area contributed by atoms with Crippen molar-refractivity contribution in [3.8, 4) is 0 Å². The van der Waals surface area contributed by atoms with Gasteiger partial charge in [-0.15, -0.1) is 0 Å². The van der Waals surface area contributed by atoms with Crippen LogP contribution in [-0.4, -0.2) is 22.6 Å². The summed E-state index contributed by atoms with van der Waals surface area (Å²) in [5.74, 6) is 1.95. The highest BCUT2D eigenvalue weighted by atomic mass is 16.4. The fourth-order valence-electron chi connectivity index (χ4n) is 9.48. The van der Waals surface area contributed by atoms with E-state index < -0.39 is 5.41 Å². The number of allylic oxidation sites excluding steroid dienone is 4. The fourth-order valence-corrected chi connectivity index (χ4v) is 9.48. The first-order chi connectivity index (χ1) is 15.5. The Morgan fingerprint density at radius 2 is 1.76 bits per heavy atom. The van der Waals surface area contributed by atoms with Crippen LogP contribution in [0.3, 0.4) is 0 Å². The summed E-state index contributed by atoms with van der Waals surface area (Å²) in [6.45, 7) is 16.9. The number of hydrogen-bond donors (Lipinski definition) is 2. The van der Waals surface area contributed by atoms with Crippen molar-refractivity contribution in [1.29, 1.82) is 0 Å². The normalized spacial score (nSPS) is 44.8. The minimum Gasteiger partial charge on any atom is -0.411 e. The minimum absolute atomic E-state index is 0.0789. The lowest BCUT2D eigenvalue weighted by atomic mass is 9.43. The monoisotopic (exact) mass is 455 g/mol. The van der Waals surface area contributed by atoms with Gasteiger partial charge in [0.1, 0.15) is 0 Å². The first-order valence-corrected chi connectivity index (χ1v) is 13.7. The molecule has 2 fully saturated rings. The summed E-state index contributed by atoms with van der Waals surface area (Å²) in [4.78, 5) is 0. The van der Waals surface area contributed by atoms with E-state index in [1.807, 2.05) is 0 Å². The minimum atomic E-state index is -0.403. The number of aliphatic hydroxyl groups excluding tert-OH is 1. The Morgan fingerprint density at radius 3 is 2.39 bits per heavy atom. The molecule has 0 radical (unpaired) electrons. The molecule has 0 amide bonds. The Hall–Kier alpha value is -1.09. The standard InChI is InChI=1S/C30H49NO2/c1-20(2)9-8-10-21(3)22-13-17-30(7)24-11-12-25-27(4,23(24)14-18-29(22,30)6)16-15-26(31-33)28(25,5)19-32/h9,21-22,25,32-33H,8,10-19H2,1-7H3/b31-26+/t21-,22-,25-,27-,28+,29-,30+/m1/s1. The average Bonchev–Trinajstić information content (AvgIpc) is 3.05. The van der Waals surface area contributed by atoms with E-state index in [9.17, 15) is 10.3 Å². The van der Waals surface area contributed by atoms with E-state index in [1.165, 1.54) is 44.1 Å². The predicted molar refractivity (Wildman–Crippen MR) is 138 cm³/mol.